The molecule has 132 valence electrons. The number of amides is 1. The van der Waals surface area contributed by atoms with Gasteiger partial charge in [0.1, 0.15) is 0 Å². The molecule has 1 rings (SSSR count). The molecule has 0 spiro atoms. The van der Waals surface area contributed by atoms with E-state index in [2.05, 4.69) is 24.1 Å². The third-order valence-corrected chi connectivity index (χ3v) is 3.74. The Morgan fingerprint density at radius 3 is 2.50 bits per heavy atom. The summed E-state index contributed by atoms with van der Waals surface area (Å²) in [6.45, 7) is 6.76. The van der Waals surface area contributed by atoms with Crippen LogP contribution in [0.15, 0.2) is 30.3 Å². The van der Waals surface area contributed by atoms with E-state index < -0.39 is 0 Å². The average molecular weight is 332 g/mol. The summed E-state index contributed by atoms with van der Waals surface area (Å²) in [4.78, 5) is 25.4. The molecule has 0 heterocycles. The predicted molar refractivity (Wildman–Crippen MR) is 97.7 cm³/mol. The fourth-order valence-electron chi connectivity index (χ4n) is 2.25. The SMILES string of the molecule is CCCC(C)N(C)CC(=O)Nc1ccc(/C=C/C(=O)OCC)cc1. The molecule has 5 nitrogen and oxygen atoms in total. The van der Waals surface area contributed by atoms with Crippen LogP contribution in [0, 0.1) is 0 Å². The lowest BCUT2D eigenvalue weighted by Gasteiger charge is -2.23. The zero-order chi connectivity index (χ0) is 17.9. The summed E-state index contributed by atoms with van der Waals surface area (Å²) in [5, 5.41) is 2.89. The first-order valence-electron chi connectivity index (χ1n) is 8.41. The topological polar surface area (TPSA) is 58.6 Å². The Kier molecular flexibility index (Phi) is 8.79. The maximum atomic E-state index is 12.1. The Morgan fingerprint density at radius 2 is 1.92 bits per heavy atom. The van der Waals surface area contributed by atoms with Gasteiger partial charge in [0.15, 0.2) is 0 Å². The molecule has 0 radical (unpaired) electrons. The summed E-state index contributed by atoms with van der Waals surface area (Å²) in [5.41, 5.74) is 1.61. The third-order valence-electron chi connectivity index (χ3n) is 3.74. The van der Waals surface area contributed by atoms with E-state index >= 15 is 0 Å². The first-order valence-corrected chi connectivity index (χ1v) is 8.41. The van der Waals surface area contributed by atoms with E-state index in [0.717, 1.165) is 24.1 Å². The molecule has 0 aliphatic carbocycles. The lowest BCUT2D eigenvalue weighted by molar-refractivity contribution is -0.137. The molecule has 1 aromatic rings. The van der Waals surface area contributed by atoms with Gasteiger partial charge in [-0.05, 0) is 51.1 Å². The summed E-state index contributed by atoms with van der Waals surface area (Å²) < 4.78 is 4.83. The lowest BCUT2D eigenvalue weighted by Crippen LogP contribution is -2.36. The molecule has 5 heteroatoms. The van der Waals surface area contributed by atoms with Crippen molar-refractivity contribution < 1.29 is 14.3 Å². The van der Waals surface area contributed by atoms with E-state index in [9.17, 15) is 9.59 Å². The summed E-state index contributed by atoms with van der Waals surface area (Å²) in [7, 11) is 1.96. The molecule has 0 aromatic heterocycles. The summed E-state index contributed by atoms with van der Waals surface area (Å²) in [5.74, 6) is -0.394. The molecule has 0 aliphatic rings. The van der Waals surface area contributed by atoms with Gasteiger partial charge in [-0.2, -0.15) is 0 Å². The molecular weight excluding hydrogens is 304 g/mol. The van der Waals surface area contributed by atoms with Gasteiger partial charge >= 0.3 is 5.97 Å². The van der Waals surface area contributed by atoms with Crippen LogP contribution in [-0.2, 0) is 14.3 Å². The van der Waals surface area contributed by atoms with Crippen molar-refractivity contribution in [1.29, 1.82) is 0 Å². The zero-order valence-electron chi connectivity index (χ0n) is 15.0. The van der Waals surface area contributed by atoms with Crippen molar-refractivity contribution in [3.8, 4) is 0 Å². The fraction of sp³-hybridized carbons (Fsp3) is 0.474. The van der Waals surface area contributed by atoms with Crippen LogP contribution in [0.5, 0.6) is 0 Å². The van der Waals surface area contributed by atoms with Crippen LogP contribution in [0.2, 0.25) is 0 Å². The largest absolute Gasteiger partial charge is 0.463 e. The Bertz CT molecular complexity index is 552. The fourth-order valence-corrected chi connectivity index (χ4v) is 2.25. The molecule has 24 heavy (non-hydrogen) atoms. The second-order valence-electron chi connectivity index (χ2n) is 5.81. The minimum atomic E-state index is -0.362. The smallest absolute Gasteiger partial charge is 0.330 e. The zero-order valence-corrected chi connectivity index (χ0v) is 15.0. The number of benzene rings is 1. The Hall–Kier alpha value is -2.14. The molecule has 0 saturated heterocycles. The van der Waals surface area contributed by atoms with E-state index in [1.165, 1.54) is 6.08 Å². The lowest BCUT2D eigenvalue weighted by atomic mass is 10.1. The van der Waals surface area contributed by atoms with Gasteiger partial charge in [0.25, 0.3) is 0 Å². The monoisotopic (exact) mass is 332 g/mol. The Balaban J connectivity index is 2.51. The molecule has 0 fully saturated rings. The van der Waals surface area contributed by atoms with E-state index in [4.69, 9.17) is 4.74 Å². The molecule has 1 unspecified atom stereocenters. The number of anilines is 1. The van der Waals surface area contributed by atoms with Gasteiger partial charge in [0, 0.05) is 17.8 Å². The van der Waals surface area contributed by atoms with E-state index in [0.29, 0.717) is 19.2 Å². The molecule has 1 aromatic carbocycles. The van der Waals surface area contributed by atoms with E-state index in [1.807, 2.05) is 31.3 Å². The Labute approximate surface area is 144 Å². The molecule has 0 saturated carbocycles. The maximum Gasteiger partial charge on any atom is 0.330 e. The number of nitrogens with zero attached hydrogens (tertiary/aromatic N) is 1. The second kappa shape index (κ2) is 10.6. The maximum absolute atomic E-state index is 12.1. The van der Waals surface area contributed by atoms with Gasteiger partial charge in [0.05, 0.1) is 13.2 Å². The van der Waals surface area contributed by atoms with Crippen LogP contribution >= 0.6 is 0 Å². The summed E-state index contributed by atoms with van der Waals surface area (Å²) >= 11 is 0. The molecule has 0 aliphatic heterocycles. The third kappa shape index (κ3) is 7.42. The normalized spacial score (nSPS) is 12.4. The standard InChI is InChI=1S/C19H28N2O3/c1-5-7-15(3)21(4)14-18(22)20-17-11-8-16(9-12-17)10-13-19(23)24-6-2/h8-13,15H,5-7,14H2,1-4H3,(H,20,22)/b13-10+. The van der Waals surface area contributed by atoms with Crippen LogP contribution < -0.4 is 5.32 Å². The first-order chi connectivity index (χ1) is 11.5. The van der Waals surface area contributed by atoms with Crippen molar-refractivity contribution in [1.82, 2.24) is 4.90 Å². The number of hydrogen-bond donors (Lipinski definition) is 1. The van der Waals surface area contributed by atoms with Crippen molar-refractivity contribution >= 4 is 23.6 Å². The van der Waals surface area contributed by atoms with Crippen LogP contribution in [0.1, 0.15) is 39.2 Å². The van der Waals surface area contributed by atoms with Gasteiger partial charge in [-0.1, -0.05) is 25.5 Å². The van der Waals surface area contributed by atoms with Gasteiger partial charge in [-0.25, -0.2) is 4.79 Å². The molecule has 1 N–H and O–H groups in total. The van der Waals surface area contributed by atoms with E-state index in [1.54, 1.807) is 13.0 Å². The number of nitrogens with one attached hydrogen (secondary N) is 1. The molecule has 1 amide bonds. The van der Waals surface area contributed by atoms with Gasteiger partial charge in [0.2, 0.25) is 5.91 Å². The minimum Gasteiger partial charge on any atom is -0.463 e. The summed E-state index contributed by atoms with van der Waals surface area (Å²) in [6, 6.07) is 7.70. The van der Waals surface area contributed by atoms with Crippen molar-refractivity contribution in [2.24, 2.45) is 0 Å². The molecular formula is C19H28N2O3. The van der Waals surface area contributed by atoms with Gasteiger partial charge in [-0.15, -0.1) is 0 Å². The van der Waals surface area contributed by atoms with Crippen LogP contribution in [0.25, 0.3) is 6.08 Å². The second-order valence-corrected chi connectivity index (χ2v) is 5.81. The number of esters is 1. The number of hydrogen-bond acceptors (Lipinski definition) is 4. The van der Waals surface area contributed by atoms with Crippen molar-refractivity contribution in [3.63, 3.8) is 0 Å². The Morgan fingerprint density at radius 1 is 1.25 bits per heavy atom. The van der Waals surface area contributed by atoms with E-state index in [-0.39, 0.29) is 11.9 Å². The van der Waals surface area contributed by atoms with Crippen LogP contribution in [0.3, 0.4) is 0 Å². The number of carbonyl (C=O) groups excluding carboxylic acids is 2. The van der Waals surface area contributed by atoms with Gasteiger partial charge in [-0.3, -0.25) is 9.69 Å². The molecule has 1 atom stereocenters. The highest BCUT2D eigenvalue weighted by atomic mass is 16.5. The highest BCUT2D eigenvalue weighted by Crippen LogP contribution is 2.11. The minimum absolute atomic E-state index is 0.0322. The highest BCUT2D eigenvalue weighted by molar-refractivity contribution is 5.92. The van der Waals surface area contributed by atoms with Crippen LogP contribution in [-0.4, -0.2) is 43.0 Å². The van der Waals surface area contributed by atoms with Crippen molar-refractivity contribution in [2.45, 2.75) is 39.7 Å². The number of likely N-dealkylation sites (N-methyl/N-ethyl adjacent to an activating group) is 1. The highest BCUT2D eigenvalue weighted by Gasteiger charge is 2.12. The van der Waals surface area contributed by atoms with Crippen molar-refractivity contribution in [2.75, 3.05) is 25.5 Å². The molecule has 0 bridgehead atoms. The summed E-state index contributed by atoms with van der Waals surface area (Å²) in [6.07, 6.45) is 5.25. The number of ether oxygens (including phenoxy) is 1. The first kappa shape index (κ1) is 19.9. The predicted octanol–water partition coefficient (Wildman–Crippen LogP) is 3.32. The quantitative estimate of drug-likeness (QED) is 0.557. The van der Waals surface area contributed by atoms with Gasteiger partial charge < -0.3 is 10.1 Å². The number of rotatable bonds is 9. The number of carbonyl (C=O) groups is 2. The van der Waals surface area contributed by atoms with Crippen molar-refractivity contribution in [3.05, 3.63) is 35.9 Å². The average Bonchev–Trinajstić information content (AvgIpc) is 2.54. The van der Waals surface area contributed by atoms with Crippen LogP contribution in [0.4, 0.5) is 5.69 Å².